The summed E-state index contributed by atoms with van der Waals surface area (Å²) in [6, 6.07) is 6.42. The molecule has 0 fully saturated rings. The predicted octanol–water partition coefficient (Wildman–Crippen LogP) is 3.52. The summed E-state index contributed by atoms with van der Waals surface area (Å²) in [4.78, 5) is 0. The molecule has 0 radical (unpaired) electrons. The SMILES string of the molecule is COC1=C[C@H]2Cc3cc(OC)c(OC)cc3[C@@]2(CCC#N)C=C1. The maximum Gasteiger partial charge on any atom is 0.161 e. The number of fused-ring (bicyclic) bond motifs is 3. The lowest BCUT2D eigenvalue weighted by Gasteiger charge is -2.34. The van der Waals surface area contributed by atoms with Gasteiger partial charge in [-0.1, -0.05) is 6.08 Å². The molecule has 1 aromatic carbocycles. The van der Waals surface area contributed by atoms with Crippen LogP contribution in [0.15, 0.2) is 36.1 Å². The minimum atomic E-state index is -0.160. The van der Waals surface area contributed by atoms with Crippen LogP contribution in [0.25, 0.3) is 0 Å². The minimum Gasteiger partial charge on any atom is -0.497 e. The van der Waals surface area contributed by atoms with Crippen molar-refractivity contribution in [1.29, 1.82) is 5.26 Å². The Morgan fingerprint density at radius 2 is 1.91 bits per heavy atom. The molecule has 0 N–H and O–H groups in total. The summed E-state index contributed by atoms with van der Waals surface area (Å²) in [6.45, 7) is 0. The van der Waals surface area contributed by atoms with Gasteiger partial charge in [0.05, 0.1) is 27.4 Å². The van der Waals surface area contributed by atoms with Gasteiger partial charge in [0.2, 0.25) is 0 Å². The Balaban J connectivity index is 2.12. The summed E-state index contributed by atoms with van der Waals surface area (Å²) < 4.78 is 16.3. The molecule has 2 atom stereocenters. The second-order valence-electron chi connectivity index (χ2n) is 5.98. The van der Waals surface area contributed by atoms with E-state index in [2.05, 4.69) is 30.4 Å². The second-order valence-corrected chi connectivity index (χ2v) is 5.98. The van der Waals surface area contributed by atoms with Gasteiger partial charge in [-0.05, 0) is 54.2 Å². The van der Waals surface area contributed by atoms with Crippen molar-refractivity contribution in [3.05, 3.63) is 47.2 Å². The Bertz CT molecular complexity index is 714. The molecule has 0 saturated heterocycles. The number of ether oxygens (including phenoxy) is 3. The van der Waals surface area contributed by atoms with E-state index in [1.165, 1.54) is 11.1 Å². The first-order valence-electron chi connectivity index (χ1n) is 7.76. The van der Waals surface area contributed by atoms with Gasteiger partial charge >= 0.3 is 0 Å². The zero-order valence-corrected chi connectivity index (χ0v) is 13.8. The van der Waals surface area contributed by atoms with E-state index in [9.17, 15) is 0 Å². The van der Waals surface area contributed by atoms with Gasteiger partial charge in [-0.25, -0.2) is 0 Å². The monoisotopic (exact) mass is 311 g/mol. The Hall–Kier alpha value is -2.41. The van der Waals surface area contributed by atoms with Crippen molar-refractivity contribution in [3.8, 4) is 17.6 Å². The van der Waals surface area contributed by atoms with E-state index in [1.54, 1.807) is 21.3 Å². The molecule has 2 aliphatic rings. The third-order valence-electron chi connectivity index (χ3n) is 5.01. The van der Waals surface area contributed by atoms with Crippen molar-refractivity contribution in [2.75, 3.05) is 21.3 Å². The molecular formula is C19H21NO3. The van der Waals surface area contributed by atoms with Gasteiger partial charge in [-0.3, -0.25) is 0 Å². The van der Waals surface area contributed by atoms with Crippen LogP contribution in [0.2, 0.25) is 0 Å². The highest BCUT2D eigenvalue weighted by molar-refractivity contribution is 5.56. The van der Waals surface area contributed by atoms with Crippen LogP contribution >= 0.6 is 0 Å². The Kier molecular flexibility index (Phi) is 4.04. The third-order valence-corrected chi connectivity index (χ3v) is 5.01. The Labute approximate surface area is 137 Å². The molecule has 0 saturated carbocycles. The van der Waals surface area contributed by atoms with Crippen molar-refractivity contribution in [2.45, 2.75) is 24.7 Å². The molecule has 0 unspecified atom stereocenters. The normalized spacial score (nSPS) is 24.3. The van der Waals surface area contributed by atoms with E-state index in [-0.39, 0.29) is 5.41 Å². The Morgan fingerprint density at radius 3 is 2.57 bits per heavy atom. The van der Waals surface area contributed by atoms with Crippen LogP contribution in [-0.2, 0) is 16.6 Å². The van der Waals surface area contributed by atoms with Crippen molar-refractivity contribution >= 4 is 0 Å². The van der Waals surface area contributed by atoms with Crippen LogP contribution in [0.3, 0.4) is 0 Å². The lowest BCUT2D eigenvalue weighted by molar-refractivity contribution is 0.286. The lowest BCUT2D eigenvalue weighted by Crippen LogP contribution is -2.30. The van der Waals surface area contributed by atoms with E-state index in [4.69, 9.17) is 19.5 Å². The summed E-state index contributed by atoms with van der Waals surface area (Å²) in [5, 5.41) is 9.08. The van der Waals surface area contributed by atoms with Gasteiger partial charge < -0.3 is 14.2 Å². The van der Waals surface area contributed by atoms with E-state index in [0.29, 0.717) is 12.3 Å². The highest BCUT2D eigenvalue weighted by Gasteiger charge is 2.46. The van der Waals surface area contributed by atoms with Crippen molar-refractivity contribution in [2.24, 2.45) is 5.92 Å². The molecule has 0 aromatic heterocycles. The van der Waals surface area contributed by atoms with Crippen LogP contribution in [-0.4, -0.2) is 21.3 Å². The fourth-order valence-electron chi connectivity index (χ4n) is 3.85. The molecule has 120 valence electrons. The highest BCUT2D eigenvalue weighted by atomic mass is 16.5. The third kappa shape index (κ3) is 2.37. The van der Waals surface area contributed by atoms with Gasteiger partial charge in [0, 0.05) is 11.8 Å². The lowest BCUT2D eigenvalue weighted by atomic mass is 9.69. The number of nitrogens with zero attached hydrogens (tertiary/aromatic N) is 1. The summed E-state index contributed by atoms with van der Waals surface area (Å²) in [6.07, 6.45) is 8.62. The molecule has 1 aromatic rings. The van der Waals surface area contributed by atoms with Gasteiger partial charge in [0.25, 0.3) is 0 Å². The van der Waals surface area contributed by atoms with Crippen LogP contribution in [0.1, 0.15) is 24.0 Å². The smallest absolute Gasteiger partial charge is 0.161 e. The molecule has 23 heavy (non-hydrogen) atoms. The van der Waals surface area contributed by atoms with E-state index in [1.807, 2.05) is 6.08 Å². The molecule has 0 aliphatic heterocycles. The number of nitriles is 1. The topological polar surface area (TPSA) is 51.5 Å². The quantitative estimate of drug-likeness (QED) is 0.835. The minimum absolute atomic E-state index is 0.160. The van der Waals surface area contributed by atoms with Crippen molar-refractivity contribution in [1.82, 2.24) is 0 Å². The summed E-state index contributed by atoms with van der Waals surface area (Å²) in [7, 11) is 4.99. The van der Waals surface area contributed by atoms with Crippen molar-refractivity contribution < 1.29 is 14.2 Å². The van der Waals surface area contributed by atoms with Crippen molar-refractivity contribution in [3.63, 3.8) is 0 Å². The van der Waals surface area contributed by atoms with Crippen LogP contribution in [0.4, 0.5) is 0 Å². The van der Waals surface area contributed by atoms with Gasteiger partial charge in [-0.2, -0.15) is 5.26 Å². The van der Waals surface area contributed by atoms with Crippen LogP contribution < -0.4 is 9.47 Å². The average Bonchev–Trinajstić information content (AvgIpc) is 2.90. The van der Waals surface area contributed by atoms with E-state index < -0.39 is 0 Å². The maximum absolute atomic E-state index is 9.08. The van der Waals surface area contributed by atoms with E-state index in [0.717, 1.165) is 30.1 Å². The standard InChI is InChI=1S/C19H21NO3/c1-21-15-5-7-19(6-4-8-20)14(11-15)9-13-10-17(22-2)18(23-3)12-16(13)19/h5,7,10-12,14H,4,6,9H2,1-3H3/t14-,19+/m1/s1. The zero-order valence-electron chi connectivity index (χ0n) is 13.8. The largest absolute Gasteiger partial charge is 0.497 e. The number of rotatable bonds is 5. The first-order chi connectivity index (χ1) is 11.2. The van der Waals surface area contributed by atoms with Gasteiger partial charge in [0.15, 0.2) is 11.5 Å². The fourth-order valence-corrected chi connectivity index (χ4v) is 3.85. The molecule has 4 nitrogen and oxygen atoms in total. The molecule has 3 rings (SSSR count). The molecular weight excluding hydrogens is 290 g/mol. The number of benzene rings is 1. The second kappa shape index (κ2) is 6.00. The highest BCUT2D eigenvalue weighted by Crippen LogP contribution is 2.52. The van der Waals surface area contributed by atoms with Gasteiger partial charge in [0.1, 0.15) is 5.76 Å². The van der Waals surface area contributed by atoms with Crippen LogP contribution in [0, 0.1) is 17.2 Å². The summed E-state index contributed by atoms with van der Waals surface area (Å²) >= 11 is 0. The predicted molar refractivity (Wildman–Crippen MR) is 87.5 cm³/mol. The molecule has 0 spiro atoms. The van der Waals surface area contributed by atoms with Crippen LogP contribution in [0.5, 0.6) is 11.5 Å². The summed E-state index contributed by atoms with van der Waals surface area (Å²) in [5.41, 5.74) is 2.33. The molecule has 0 bridgehead atoms. The van der Waals surface area contributed by atoms with E-state index >= 15 is 0 Å². The maximum atomic E-state index is 9.08. The molecule has 0 heterocycles. The number of allylic oxidation sites excluding steroid dienone is 3. The van der Waals surface area contributed by atoms with Gasteiger partial charge in [-0.15, -0.1) is 0 Å². The first kappa shape index (κ1) is 15.5. The number of methoxy groups -OCH3 is 3. The fraction of sp³-hybridized carbons (Fsp3) is 0.421. The number of hydrogen-bond acceptors (Lipinski definition) is 4. The Morgan fingerprint density at radius 1 is 1.17 bits per heavy atom. The molecule has 2 aliphatic carbocycles. The summed E-state index contributed by atoms with van der Waals surface area (Å²) in [5.74, 6) is 2.66. The average molecular weight is 311 g/mol. The molecule has 0 amide bonds. The molecule has 4 heteroatoms. The first-order valence-corrected chi connectivity index (χ1v) is 7.76. The number of hydrogen-bond donors (Lipinski definition) is 0. The zero-order chi connectivity index (χ0) is 16.4.